The van der Waals surface area contributed by atoms with E-state index in [-0.39, 0.29) is 18.5 Å². The van der Waals surface area contributed by atoms with Gasteiger partial charge in [0.05, 0.1) is 17.3 Å². The minimum atomic E-state index is -0.281. The highest BCUT2D eigenvalue weighted by Crippen LogP contribution is 2.28. The summed E-state index contributed by atoms with van der Waals surface area (Å²) in [7, 11) is 0. The normalized spacial score (nSPS) is 12.4. The smallest absolute Gasteiger partial charge is 0.302 e. The number of thiazole rings is 2. The molecule has 0 aliphatic heterocycles. The molecule has 7 heteroatoms. The molecule has 2 rings (SSSR count). The molecule has 0 amide bonds. The summed E-state index contributed by atoms with van der Waals surface area (Å²) in [4.78, 5) is 19.5. The number of rotatable bonds is 5. The average molecular weight is 298 g/mol. The van der Waals surface area contributed by atoms with Crippen molar-refractivity contribution in [3.8, 4) is 10.7 Å². The maximum atomic E-state index is 10.8. The van der Waals surface area contributed by atoms with Crippen LogP contribution in [-0.4, -0.2) is 27.7 Å². The summed E-state index contributed by atoms with van der Waals surface area (Å²) < 4.78 is 4.98. The lowest BCUT2D eigenvalue weighted by Crippen LogP contribution is -2.07. The van der Waals surface area contributed by atoms with Gasteiger partial charge in [-0.3, -0.25) is 4.79 Å². The number of aromatic nitrogens is 2. The number of aliphatic hydroxyl groups is 1. The van der Waals surface area contributed by atoms with Crippen LogP contribution in [0.1, 0.15) is 30.5 Å². The maximum absolute atomic E-state index is 10.8. The standard InChI is InChI=1S/C12H14N2O3S2/c1-7(4-17-8(2)16)11-14-10(6-19-11)12-13-9(3-15)5-18-12/h5-7,15H,3-4H2,1-2H3/t7-/m0/s1. The molecule has 2 aromatic rings. The van der Waals surface area contributed by atoms with Gasteiger partial charge in [0, 0.05) is 23.6 Å². The molecule has 0 bridgehead atoms. The van der Waals surface area contributed by atoms with Crippen molar-refractivity contribution in [1.29, 1.82) is 0 Å². The van der Waals surface area contributed by atoms with E-state index in [4.69, 9.17) is 9.84 Å². The van der Waals surface area contributed by atoms with Crippen LogP contribution in [0, 0.1) is 0 Å². The highest BCUT2D eigenvalue weighted by atomic mass is 32.1. The summed E-state index contributed by atoms with van der Waals surface area (Å²) in [5.41, 5.74) is 1.46. The van der Waals surface area contributed by atoms with Crippen LogP contribution in [-0.2, 0) is 16.1 Å². The monoisotopic (exact) mass is 298 g/mol. The fourth-order valence-electron chi connectivity index (χ4n) is 1.42. The SMILES string of the molecule is CC(=O)OC[C@H](C)c1nc(-c2nc(CO)cs2)cs1. The summed E-state index contributed by atoms with van der Waals surface area (Å²) in [6.07, 6.45) is 0. The van der Waals surface area contributed by atoms with E-state index in [1.807, 2.05) is 17.7 Å². The van der Waals surface area contributed by atoms with Crippen LogP contribution in [0.15, 0.2) is 10.8 Å². The van der Waals surface area contributed by atoms with Gasteiger partial charge in [-0.1, -0.05) is 6.92 Å². The van der Waals surface area contributed by atoms with E-state index >= 15 is 0 Å². The van der Waals surface area contributed by atoms with Gasteiger partial charge in [-0.15, -0.1) is 22.7 Å². The number of aliphatic hydroxyl groups excluding tert-OH is 1. The van der Waals surface area contributed by atoms with Gasteiger partial charge >= 0.3 is 5.97 Å². The Kier molecular flexibility index (Phi) is 4.62. The van der Waals surface area contributed by atoms with Gasteiger partial charge in [0.15, 0.2) is 0 Å². The second kappa shape index (κ2) is 6.23. The first-order valence-electron chi connectivity index (χ1n) is 5.74. The summed E-state index contributed by atoms with van der Waals surface area (Å²) in [6, 6.07) is 0. The van der Waals surface area contributed by atoms with Crippen molar-refractivity contribution in [3.05, 3.63) is 21.5 Å². The Morgan fingerprint density at radius 3 is 2.84 bits per heavy atom. The Morgan fingerprint density at radius 1 is 1.42 bits per heavy atom. The molecule has 0 saturated carbocycles. The highest BCUT2D eigenvalue weighted by Gasteiger charge is 2.14. The van der Waals surface area contributed by atoms with E-state index in [9.17, 15) is 4.79 Å². The molecular weight excluding hydrogens is 284 g/mol. The Bertz CT molecular complexity index is 565. The van der Waals surface area contributed by atoms with Gasteiger partial charge in [-0.2, -0.15) is 0 Å². The second-order valence-corrected chi connectivity index (χ2v) is 5.82. The topological polar surface area (TPSA) is 72.3 Å². The van der Waals surface area contributed by atoms with E-state index in [2.05, 4.69) is 9.97 Å². The number of esters is 1. The molecule has 0 radical (unpaired) electrons. The van der Waals surface area contributed by atoms with Crippen molar-refractivity contribution >= 4 is 28.6 Å². The van der Waals surface area contributed by atoms with Crippen LogP contribution in [0.2, 0.25) is 0 Å². The molecule has 2 aromatic heterocycles. The van der Waals surface area contributed by atoms with E-state index < -0.39 is 0 Å². The number of carbonyl (C=O) groups is 1. The van der Waals surface area contributed by atoms with Crippen molar-refractivity contribution in [3.63, 3.8) is 0 Å². The predicted molar refractivity (Wildman–Crippen MR) is 74.2 cm³/mol. The Hall–Kier alpha value is -1.31. The van der Waals surface area contributed by atoms with E-state index in [0.29, 0.717) is 12.3 Å². The Balaban J connectivity index is 2.07. The van der Waals surface area contributed by atoms with Crippen LogP contribution < -0.4 is 0 Å². The lowest BCUT2D eigenvalue weighted by atomic mass is 10.2. The number of hydrogen-bond donors (Lipinski definition) is 1. The summed E-state index contributed by atoms with van der Waals surface area (Å²) >= 11 is 2.98. The molecule has 1 N–H and O–H groups in total. The van der Waals surface area contributed by atoms with Gasteiger partial charge in [-0.05, 0) is 0 Å². The Labute approximate surface area is 118 Å². The molecule has 0 aromatic carbocycles. The molecule has 5 nitrogen and oxygen atoms in total. The van der Waals surface area contributed by atoms with Crippen molar-refractivity contribution in [2.45, 2.75) is 26.4 Å². The van der Waals surface area contributed by atoms with Crippen molar-refractivity contribution in [2.24, 2.45) is 0 Å². The zero-order valence-corrected chi connectivity index (χ0v) is 12.3. The molecule has 0 saturated heterocycles. The van der Waals surface area contributed by atoms with Crippen LogP contribution in [0.25, 0.3) is 10.7 Å². The van der Waals surface area contributed by atoms with Crippen molar-refractivity contribution in [1.82, 2.24) is 9.97 Å². The molecule has 0 aliphatic carbocycles. The molecule has 0 spiro atoms. The number of hydrogen-bond acceptors (Lipinski definition) is 7. The van der Waals surface area contributed by atoms with E-state index in [1.54, 1.807) is 0 Å². The van der Waals surface area contributed by atoms with Gasteiger partial charge < -0.3 is 9.84 Å². The van der Waals surface area contributed by atoms with Crippen molar-refractivity contribution < 1.29 is 14.6 Å². The first-order valence-corrected chi connectivity index (χ1v) is 7.50. The molecule has 2 heterocycles. The number of carbonyl (C=O) groups excluding carboxylic acids is 1. The fraction of sp³-hybridized carbons (Fsp3) is 0.417. The second-order valence-electron chi connectivity index (χ2n) is 4.08. The maximum Gasteiger partial charge on any atom is 0.302 e. The molecule has 0 unspecified atom stereocenters. The first-order chi connectivity index (χ1) is 9.10. The van der Waals surface area contributed by atoms with Crippen LogP contribution in [0.4, 0.5) is 0 Å². The first kappa shape index (κ1) is 14.1. The predicted octanol–water partition coefficient (Wildman–Crippen LogP) is 2.43. The summed E-state index contributed by atoms with van der Waals surface area (Å²) in [5, 5.41) is 14.4. The number of nitrogens with zero attached hydrogens (tertiary/aromatic N) is 2. The molecule has 19 heavy (non-hydrogen) atoms. The highest BCUT2D eigenvalue weighted by molar-refractivity contribution is 7.14. The minimum absolute atomic E-state index is 0.0592. The number of ether oxygens (including phenoxy) is 1. The van der Waals surface area contributed by atoms with Gasteiger partial charge in [-0.25, -0.2) is 9.97 Å². The summed E-state index contributed by atoms with van der Waals surface area (Å²) in [5.74, 6) is -0.212. The third kappa shape index (κ3) is 3.59. The lowest BCUT2D eigenvalue weighted by Gasteiger charge is -2.07. The minimum Gasteiger partial charge on any atom is -0.465 e. The average Bonchev–Trinajstić information content (AvgIpc) is 3.03. The molecule has 102 valence electrons. The molecule has 0 fully saturated rings. The largest absolute Gasteiger partial charge is 0.465 e. The van der Waals surface area contributed by atoms with E-state index in [1.165, 1.54) is 29.6 Å². The Morgan fingerprint density at radius 2 is 2.21 bits per heavy atom. The molecular formula is C12H14N2O3S2. The third-order valence-electron chi connectivity index (χ3n) is 2.41. The van der Waals surface area contributed by atoms with Gasteiger partial charge in [0.2, 0.25) is 0 Å². The zero-order chi connectivity index (χ0) is 13.8. The lowest BCUT2D eigenvalue weighted by molar-refractivity contribution is -0.141. The van der Waals surface area contributed by atoms with E-state index in [0.717, 1.165) is 15.7 Å². The summed E-state index contributed by atoms with van der Waals surface area (Å²) in [6.45, 7) is 3.64. The van der Waals surface area contributed by atoms with Gasteiger partial charge in [0.25, 0.3) is 0 Å². The molecule has 0 aliphatic rings. The molecule has 1 atom stereocenters. The zero-order valence-electron chi connectivity index (χ0n) is 10.6. The van der Waals surface area contributed by atoms with Crippen LogP contribution in [0.5, 0.6) is 0 Å². The van der Waals surface area contributed by atoms with Gasteiger partial charge in [0.1, 0.15) is 17.3 Å². The van der Waals surface area contributed by atoms with Crippen LogP contribution in [0.3, 0.4) is 0 Å². The van der Waals surface area contributed by atoms with Crippen molar-refractivity contribution in [2.75, 3.05) is 6.61 Å². The third-order valence-corrected chi connectivity index (χ3v) is 4.40. The fourth-order valence-corrected chi connectivity index (χ4v) is 3.12. The van der Waals surface area contributed by atoms with Crippen LogP contribution >= 0.6 is 22.7 Å². The quantitative estimate of drug-likeness (QED) is 0.858.